The molecule has 0 amide bonds. The average Bonchev–Trinajstić information content (AvgIpc) is 3.17. The summed E-state index contributed by atoms with van der Waals surface area (Å²) in [6, 6.07) is 0. The fraction of sp³-hybridized carbons (Fsp3) is 0.778. The maximum absolute atomic E-state index is 13.0. The number of ether oxygens (including phenoxy) is 2. The lowest BCUT2D eigenvalue weighted by atomic mass is 10.1. The Morgan fingerprint density at radius 1 is 0.545 bits per heavy atom. The molecule has 0 N–H and O–H groups in total. The van der Waals surface area contributed by atoms with Gasteiger partial charge in [-0.05, 0) is 143 Å². The van der Waals surface area contributed by atoms with E-state index in [1.807, 2.05) is 19.0 Å². The minimum atomic E-state index is -3.88. The fourth-order valence-electron chi connectivity index (χ4n) is 5.57. The van der Waals surface area contributed by atoms with E-state index in [1.165, 1.54) is 84.2 Å². The standard InChI is InChI=1S/C45H82NO8P/c1-6-8-10-12-14-16-18-20-22-24-26-28-30-32-34-37-44(47)51-41-43(42-53-55(49,50-5)52-40-36-39-46(3)4)54-45(48)38-35-33-31-29-27-25-23-21-19-17-15-13-11-9-7-2/h14-17,26-29,43H,6-13,18-25,30-42H2,1-5H3/b16-14-,17-15-,28-26-,29-27-/t43-,55?/m1/s1. The van der Waals surface area contributed by atoms with Gasteiger partial charge in [0, 0.05) is 20.0 Å². The monoisotopic (exact) mass is 796 g/mol. The number of allylic oxidation sites excluding steroid dienone is 8. The molecule has 10 heteroatoms. The molecule has 0 aliphatic carbocycles. The van der Waals surface area contributed by atoms with Crippen molar-refractivity contribution in [2.24, 2.45) is 0 Å². The van der Waals surface area contributed by atoms with E-state index in [4.69, 9.17) is 23.0 Å². The van der Waals surface area contributed by atoms with Crippen molar-refractivity contribution in [3.63, 3.8) is 0 Å². The number of nitrogens with zero attached hydrogens (tertiary/aromatic N) is 1. The second-order valence-corrected chi connectivity index (χ2v) is 16.4. The Morgan fingerprint density at radius 3 is 1.35 bits per heavy atom. The number of carbonyl (C=O) groups excluding carboxylic acids is 2. The molecule has 0 aliphatic heterocycles. The minimum Gasteiger partial charge on any atom is -0.462 e. The van der Waals surface area contributed by atoms with Crippen LogP contribution in [0.15, 0.2) is 48.6 Å². The predicted octanol–water partition coefficient (Wildman–Crippen LogP) is 12.8. The lowest BCUT2D eigenvalue weighted by Crippen LogP contribution is -2.29. The molecule has 2 atom stereocenters. The van der Waals surface area contributed by atoms with E-state index in [-0.39, 0.29) is 38.6 Å². The molecule has 0 radical (unpaired) electrons. The van der Waals surface area contributed by atoms with Crippen LogP contribution in [-0.4, -0.2) is 70.5 Å². The molecule has 0 aliphatic rings. The summed E-state index contributed by atoms with van der Waals surface area (Å²) in [6.45, 7) is 4.92. The molecule has 0 aromatic carbocycles. The smallest absolute Gasteiger partial charge is 0.462 e. The highest BCUT2D eigenvalue weighted by Gasteiger charge is 2.28. The number of unbranched alkanes of at least 4 members (excludes halogenated alkanes) is 16. The summed E-state index contributed by atoms with van der Waals surface area (Å²) in [6.07, 6.45) is 42.7. The van der Waals surface area contributed by atoms with Gasteiger partial charge < -0.3 is 14.4 Å². The minimum absolute atomic E-state index is 0.180. The van der Waals surface area contributed by atoms with E-state index in [0.717, 1.165) is 57.9 Å². The fourth-order valence-corrected chi connectivity index (χ4v) is 6.56. The van der Waals surface area contributed by atoms with Crippen LogP contribution in [-0.2, 0) is 37.2 Å². The third kappa shape index (κ3) is 38.6. The molecular weight excluding hydrogens is 713 g/mol. The number of phosphoric acid groups is 1. The first-order valence-corrected chi connectivity index (χ1v) is 23.3. The summed E-state index contributed by atoms with van der Waals surface area (Å²) in [4.78, 5) is 27.3. The SMILES string of the molecule is CCCCC/C=C\CCCC/C=C\CCCCC(=O)OC[C@H](COP(=O)(OC)OCCCN(C)C)OC(=O)CCCC/C=C\CCCC/C=C\CCCCC. The number of carbonyl (C=O) groups is 2. The average molecular weight is 796 g/mol. The molecule has 0 saturated heterocycles. The normalized spacial score (nSPS) is 13.9. The third-order valence-electron chi connectivity index (χ3n) is 8.97. The number of phosphoric ester groups is 1. The summed E-state index contributed by atoms with van der Waals surface area (Å²) in [5.74, 6) is -0.783. The van der Waals surface area contributed by atoms with Gasteiger partial charge in [-0.3, -0.25) is 23.2 Å². The maximum atomic E-state index is 13.0. The van der Waals surface area contributed by atoms with E-state index < -0.39 is 19.9 Å². The van der Waals surface area contributed by atoms with Crippen LogP contribution < -0.4 is 0 Å². The molecular formula is C45H82NO8P. The van der Waals surface area contributed by atoms with E-state index in [0.29, 0.717) is 19.3 Å². The lowest BCUT2D eigenvalue weighted by Gasteiger charge is -2.21. The molecule has 320 valence electrons. The van der Waals surface area contributed by atoms with E-state index in [2.05, 4.69) is 62.5 Å². The van der Waals surface area contributed by atoms with Crippen LogP contribution in [0.1, 0.15) is 174 Å². The molecule has 9 nitrogen and oxygen atoms in total. The molecule has 0 saturated carbocycles. The highest BCUT2D eigenvalue weighted by molar-refractivity contribution is 7.48. The van der Waals surface area contributed by atoms with Gasteiger partial charge in [-0.1, -0.05) is 88.1 Å². The molecule has 0 bridgehead atoms. The van der Waals surface area contributed by atoms with Crippen molar-refractivity contribution in [1.82, 2.24) is 4.90 Å². The number of hydrogen-bond donors (Lipinski definition) is 0. The van der Waals surface area contributed by atoms with Crippen molar-refractivity contribution < 1.29 is 37.2 Å². The molecule has 1 unspecified atom stereocenters. The van der Waals surface area contributed by atoms with Gasteiger partial charge in [-0.15, -0.1) is 0 Å². The molecule has 0 spiro atoms. The van der Waals surface area contributed by atoms with Crippen LogP contribution in [0.4, 0.5) is 0 Å². The summed E-state index contributed by atoms with van der Waals surface area (Å²) in [5.41, 5.74) is 0. The van der Waals surface area contributed by atoms with Crippen molar-refractivity contribution in [3.05, 3.63) is 48.6 Å². The maximum Gasteiger partial charge on any atom is 0.474 e. The van der Waals surface area contributed by atoms with E-state index >= 15 is 0 Å². The van der Waals surface area contributed by atoms with Crippen molar-refractivity contribution in [2.45, 2.75) is 180 Å². The summed E-state index contributed by atoms with van der Waals surface area (Å²) < 4.78 is 40.1. The first kappa shape index (κ1) is 53.0. The van der Waals surface area contributed by atoms with Crippen LogP contribution in [0, 0.1) is 0 Å². The molecule has 0 rings (SSSR count). The van der Waals surface area contributed by atoms with Gasteiger partial charge >= 0.3 is 19.8 Å². The predicted molar refractivity (Wildman–Crippen MR) is 229 cm³/mol. The highest BCUT2D eigenvalue weighted by atomic mass is 31.2. The highest BCUT2D eigenvalue weighted by Crippen LogP contribution is 2.48. The number of esters is 2. The van der Waals surface area contributed by atoms with Crippen LogP contribution in [0.25, 0.3) is 0 Å². The van der Waals surface area contributed by atoms with Crippen molar-refractivity contribution in [2.75, 3.05) is 47.6 Å². The Balaban J connectivity index is 4.54. The molecule has 0 aromatic heterocycles. The van der Waals surface area contributed by atoms with Gasteiger partial charge in [0.2, 0.25) is 0 Å². The zero-order valence-electron chi connectivity index (χ0n) is 35.9. The second-order valence-electron chi connectivity index (χ2n) is 14.6. The summed E-state index contributed by atoms with van der Waals surface area (Å²) >= 11 is 0. The Bertz CT molecular complexity index is 1060. The zero-order valence-corrected chi connectivity index (χ0v) is 36.8. The van der Waals surface area contributed by atoms with Gasteiger partial charge in [0.25, 0.3) is 0 Å². The Morgan fingerprint density at radius 2 is 0.945 bits per heavy atom. The first-order chi connectivity index (χ1) is 26.8. The zero-order chi connectivity index (χ0) is 40.5. The van der Waals surface area contributed by atoms with Gasteiger partial charge in [-0.25, -0.2) is 4.57 Å². The second kappa shape index (κ2) is 40.2. The summed E-state index contributed by atoms with van der Waals surface area (Å²) in [5, 5.41) is 0. The number of hydrogen-bond acceptors (Lipinski definition) is 9. The Labute approximate surface area is 337 Å². The van der Waals surface area contributed by atoms with Gasteiger partial charge in [0.15, 0.2) is 6.10 Å². The molecule has 0 heterocycles. The van der Waals surface area contributed by atoms with Crippen molar-refractivity contribution in [3.8, 4) is 0 Å². The quantitative estimate of drug-likeness (QED) is 0.0260. The van der Waals surface area contributed by atoms with Gasteiger partial charge in [-0.2, -0.15) is 0 Å². The summed E-state index contributed by atoms with van der Waals surface area (Å²) in [7, 11) is 1.26. The Hall–Kier alpha value is -2.03. The van der Waals surface area contributed by atoms with Gasteiger partial charge in [0.1, 0.15) is 6.61 Å². The van der Waals surface area contributed by atoms with Gasteiger partial charge in [0.05, 0.1) is 13.2 Å². The van der Waals surface area contributed by atoms with Crippen molar-refractivity contribution >= 4 is 19.8 Å². The molecule has 0 fully saturated rings. The van der Waals surface area contributed by atoms with E-state index in [1.54, 1.807) is 0 Å². The molecule has 55 heavy (non-hydrogen) atoms. The lowest BCUT2D eigenvalue weighted by molar-refractivity contribution is -0.161. The first-order valence-electron chi connectivity index (χ1n) is 21.8. The third-order valence-corrected chi connectivity index (χ3v) is 10.4. The van der Waals surface area contributed by atoms with Crippen LogP contribution in [0.5, 0.6) is 0 Å². The van der Waals surface area contributed by atoms with E-state index in [9.17, 15) is 14.2 Å². The van der Waals surface area contributed by atoms with Crippen LogP contribution in [0.3, 0.4) is 0 Å². The van der Waals surface area contributed by atoms with Crippen molar-refractivity contribution in [1.29, 1.82) is 0 Å². The van der Waals surface area contributed by atoms with Crippen LogP contribution >= 0.6 is 7.82 Å². The topological polar surface area (TPSA) is 101 Å². The number of rotatable bonds is 40. The Kier molecular flexibility index (Phi) is 38.7. The largest absolute Gasteiger partial charge is 0.474 e. The molecule has 0 aromatic rings. The van der Waals surface area contributed by atoms with Crippen LogP contribution in [0.2, 0.25) is 0 Å².